The minimum Gasteiger partial charge on any atom is -0.327 e. The minimum absolute atomic E-state index is 0.363. The molecule has 1 saturated carbocycles. The fourth-order valence-corrected chi connectivity index (χ4v) is 3.45. The smallest absolute Gasteiger partial charge is 0.0134 e. The van der Waals surface area contributed by atoms with Crippen molar-refractivity contribution in [3.63, 3.8) is 0 Å². The molecule has 3 atom stereocenters. The molecular formula is C14H19N. The van der Waals surface area contributed by atoms with Crippen molar-refractivity contribution in [1.29, 1.82) is 0 Å². The molecule has 0 radical (unpaired) electrons. The van der Waals surface area contributed by atoms with E-state index in [1.165, 1.54) is 12.8 Å². The second-order valence-corrected chi connectivity index (χ2v) is 5.72. The Morgan fingerprint density at radius 1 is 1.27 bits per heavy atom. The third-order valence-electron chi connectivity index (χ3n) is 4.61. The quantitative estimate of drug-likeness (QED) is 0.742. The van der Waals surface area contributed by atoms with Crippen LogP contribution >= 0.6 is 0 Å². The topological polar surface area (TPSA) is 26.0 Å². The zero-order valence-electron chi connectivity index (χ0n) is 9.53. The summed E-state index contributed by atoms with van der Waals surface area (Å²) in [6.07, 6.45) is 2.56. The third kappa shape index (κ3) is 1.19. The third-order valence-corrected chi connectivity index (χ3v) is 4.61. The molecule has 1 aromatic carbocycles. The number of fused-ring (bicyclic) bond motifs is 1. The summed E-state index contributed by atoms with van der Waals surface area (Å²) < 4.78 is 0. The largest absolute Gasteiger partial charge is 0.327 e. The molecule has 1 fully saturated rings. The van der Waals surface area contributed by atoms with Crippen LogP contribution in [0.25, 0.3) is 0 Å². The van der Waals surface area contributed by atoms with Gasteiger partial charge in [0.05, 0.1) is 0 Å². The van der Waals surface area contributed by atoms with Crippen LogP contribution in [0.5, 0.6) is 0 Å². The molecule has 1 heteroatoms. The molecule has 0 bridgehead atoms. The van der Waals surface area contributed by atoms with Crippen molar-refractivity contribution in [2.75, 3.05) is 0 Å². The Bertz CT molecular complexity index is 394. The van der Waals surface area contributed by atoms with Crippen LogP contribution in [-0.2, 0) is 6.42 Å². The maximum Gasteiger partial charge on any atom is 0.0134 e. The molecule has 0 spiro atoms. The van der Waals surface area contributed by atoms with Crippen molar-refractivity contribution < 1.29 is 0 Å². The Labute approximate surface area is 91.7 Å². The van der Waals surface area contributed by atoms with Gasteiger partial charge in [-0.1, -0.05) is 38.1 Å². The molecule has 80 valence electrons. The number of nitrogens with two attached hydrogens (primary N) is 1. The second-order valence-electron chi connectivity index (χ2n) is 5.72. The van der Waals surface area contributed by atoms with Crippen LogP contribution in [0.1, 0.15) is 37.3 Å². The van der Waals surface area contributed by atoms with E-state index >= 15 is 0 Å². The van der Waals surface area contributed by atoms with Gasteiger partial charge in [0, 0.05) is 6.04 Å². The lowest BCUT2D eigenvalue weighted by atomic mass is 9.92. The Morgan fingerprint density at radius 3 is 2.60 bits per heavy atom. The first-order chi connectivity index (χ1) is 7.12. The number of aryl methyl sites for hydroxylation is 1. The maximum atomic E-state index is 6.18. The standard InChI is InChI=1S/C14H19N/c1-14(2)12(13(14)15)11-8-7-9-5-3-4-6-10(9)11/h3-6,11-13H,7-8,15H2,1-2H3/t11?,12-,13-/m1/s1. The van der Waals surface area contributed by atoms with Crippen molar-refractivity contribution in [2.24, 2.45) is 17.1 Å². The van der Waals surface area contributed by atoms with E-state index in [2.05, 4.69) is 38.1 Å². The Kier molecular flexibility index (Phi) is 1.79. The summed E-state index contributed by atoms with van der Waals surface area (Å²) in [6, 6.07) is 9.30. The lowest BCUT2D eigenvalue weighted by Crippen LogP contribution is -2.08. The highest BCUT2D eigenvalue weighted by Crippen LogP contribution is 2.60. The molecule has 3 rings (SSSR count). The molecule has 2 aliphatic carbocycles. The summed E-state index contributed by atoms with van der Waals surface area (Å²) in [5.41, 5.74) is 9.67. The molecule has 0 heterocycles. The molecule has 0 amide bonds. The Morgan fingerprint density at radius 2 is 1.93 bits per heavy atom. The summed E-state index contributed by atoms with van der Waals surface area (Å²) in [6.45, 7) is 4.62. The summed E-state index contributed by atoms with van der Waals surface area (Å²) in [5, 5.41) is 0. The molecule has 1 nitrogen and oxygen atoms in total. The summed E-state index contributed by atoms with van der Waals surface area (Å²) in [7, 11) is 0. The van der Waals surface area contributed by atoms with Crippen molar-refractivity contribution in [1.82, 2.24) is 0 Å². The Hall–Kier alpha value is -0.820. The monoisotopic (exact) mass is 201 g/mol. The molecule has 0 aliphatic heterocycles. The highest BCUT2D eigenvalue weighted by atomic mass is 14.8. The van der Waals surface area contributed by atoms with Gasteiger partial charge in [0.2, 0.25) is 0 Å². The van der Waals surface area contributed by atoms with Gasteiger partial charge in [-0.2, -0.15) is 0 Å². The van der Waals surface area contributed by atoms with E-state index < -0.39 is 0 Å². The second kappa shape index (κ2) is 2.85. The van der Waals surface area contributed by atoms with Crippen LogP contribution in [0.2, 0.25) is 0 Å². The van der Waals surface area contributed by atoms with Gasteiger partial charge < -0.3 is 5.73 Å². The molecular weight excluding hydrogens is 182 g/mol. The van der Waals surface area contributed by atoms with Crippen molar-refractivity contribution in [3.8, 4) is 0 Å². The van der Waals surface area contributed by atoms with Crippen molar-refractivity contribution in [3.05, 3.63) is 35.4 Å². The highest BCUT2D eigenvalue weighted by Gasteiger charge is 2.59. The first-order valence-electron chi connectivity index (χ1n) is 5.96. The van der Waals surface area contributed by atoms with E-state index in [-0.39, 0.29) is 0 Å². The number of rotatable bonds is 1. The lowest BCUT2D eigenvalue weighted by Gasteiger charge is -2.12. The van der Waals surface area contributed by atoms with E-state index in [9.17, 15) is 0 Å². The molecule has 0 aromatic heterocycles. The zero-order valence-corrected chi connectivity index (χ0v) is 9.53. The summed E-state index contributed by atoms with van der Waals surface area (Å²) >= 11 is 0. The molecule has 1 aromatic rings. The van der Waals surface area contributed by atoms with E-state index in [0.717, 1.165) is 5.92 Å². The normalized spacial score (nSPS) is 36.3. The van der Waals surface area contributed by atoms with Gasteiger partial charge in [-0.25, -0.2) is 0 Å². The van der Waals surface area contributed by atoms with Gasteiger partial charge in [0.25, 0.3) is 0 Å². The number of hydrogen-bond donors (Lipinski definition) is 1. The van der Waals surface area contributed by atoms with Crippen LogP contribution in [0.3, 0.4) is 0 Å². The van der Waals surface area contributed by atoms with Crippen LogP contribution in [0.15, 0.2) is 24.3 Å². The molecule has 0 saturated heterocycles. The zero-order chi connectivity index (χ0) is 10.6. The average Bonchev–Trinajstić information content (AvgIpc) is 2.63. The van der Waals surface area contributed by atoms with Gasteiger partial charge in [-0.3, -0.25) is 0 Å². The van der Waals surface area contributed by atoms with Crippen molar-refractivity contribution in [2.45, 2.75) is 38.6 Å². The molecule has 2 aliphatic rings. The average molecular weight is 201 g/mol. The van der Waals surface area contributed by atoms with Gasteiger partial charge in [0.1, 0.15) is 0 Å². The van der Waals surface area contributed by atoms with Gasteiger partial charge >= 0.3 is 0 Å². The van der Waals surface area contributed by atoms with Crippen LogP contribution in [-0.4, -0.2) is 6.04 Å². The van der Waals surface area contributed by atoms with Gasteiger partial charge in [0.15, 0.2) is 0 Å². The molecule has 1 unspecified atom stereocenters. The van der Waals surface area contributed by atoms with E-state index in [1.807, 2.05) is 0 Å². The summed E-state index contributed by atoms with van der Waals surface area (Å²) in [5.74, 6) is 1.44. The highest BCUT2D eigenvalue weighted by molar-refractivity contribution is 5.38. The number of hydrogen-bond acceptors (Lipinski definition) is 1. The first-order valence-corrected chi connectivity index (χ1v) is 5.96. The maximum absolute atomic E-state index is 6.18. The van der Waals surface area contributed by atoms with Crippen molar-refractivity contribution >= 4 is 0 Å². The van der Waals surface area contributed by atoms with Crippen LogP contribution < -0.4 is 5.73 Å². The van der Waals surface area contributed by atoms with E-state index in [4.69, 9.17) is 5.73 Å². The van der Waals surface area contributed by atoms with Gasteiger partial charge in [-0.15, -0.1) is 0 Å². The van der Waals surface area contributed by atoms with Crippen LogP contribution in [0, 0.1) is 11.3 Å². The predicted octanol–water partition coefficient (Wildman–Crippen LogP) is 2.70. The van der Waals surface area contributed by atoms with E-state index in [0.29, 0.717) is 17.4 Å². The van der Waals surface area contributed by atoms with Crippen LogP contribution in [0.4, 0.5) is 0 Å². The fourth-order valence-electron chi connectivity index (χ4n) is 3.45. The lowest BCUT2D eigenvalue weighted by molar-refractivity contribution is 0.479. The first kappa shape index (κ1) is 9.41. The number of benzene rings is 1. The fraction of sp³-hybridized carbons (Fsp3) is 0.571. The summed E-state index contributed by atoms with van der Waals surface area (Å²) in [4.78, 5) is 0. The molecule has 15 heavy (non-hydrogen) atoms. The SMILES string of the molecule is CC1(C)[C@H](N)[C@H]1C1CCc2ccccc21. The minimum atomic E-state index is 0.363. The molecule has 2 N–H and O–H groups in total. The Balaban J connectivity index is 1.93. The van der Waals surface area contributed by atoms with Gasteiger partial charge in [-0.05, 0) is 41.2 Å². The van der Waals surface area contributed by atoms with E-state index in [1.54, 1.807) is 11.1 Å². The predicted molar refractivity (Wildman–Crippen MR) is 62.8 cm³/mol.